The van der Waals surface area contributed by atoms with Crippen LogP contribution in [0.2, 0.25) is 0 Å². The van der Waals surface area contributed by atoms with Crippen LogP contribution in [0.1, 0.15) is 40.8 Å². The van der Waals surface area contributed by atoms with Gasteiger partial charge in [0.25, 0.3) is 0 Å². The van der Waals surface area contributed by atoms with Gasteiger partial charge in [0.05, 0.1) is 0 Å². The largest absolute Gasteiger partial charge is 0.618 e. The second-order valence-electron chi connectivity index (χ2n) is 5.72. The van der Waals surface area contributed by atoms with Crippen LogP contribution in [0.3, 0.4) is 0 Å². The zero-order valence-electron chi connectivity index (χ0n) is 11.9. The lowest BCUT2D eigenvalue weighted by molar-refractivity contribution is -0.622. The van der Waals surface area contributed by atoms with Crippen molar-refractivity contribution in [3.8, 4) is 0 Å². The molecule has 0 radical (unpaired) electrons. The predicted octanol–water partition coefficient (Wildman–Crippen LogP) is 2.51. The van der Waals surface area contributed by atoms with Crippen molar-refractivity contribution in [3.05, 3.63) is 69.7 Å². The Balaban J connectivity index is 2.22. The molecule has 1 atom stereocenters. The van der Waals surface area contributed by atoms with Gasteiger partial charge >= 0.3 is 0 Å². The van der Waals surface area contributed by atoms with Crippen LogP contribution in [0, 0.1) is 19.1 Å². The van der Waals surface area contributed by atoms with Gasteiger partial charge in [-0.2, -0.15) is 4.73 Å². The normalized spacial score (nSPS) is 21.6. The summed E-state index contributed by atoms with van der Waals surface area (Å²) in [6, 6.07) is 9.70. The summed E-state index contributed by atoms with van der Waals surface area (Å²) in [6.45, 7) is 3.88. The van der Waals surface area contributed by atoms with Crippen molar-refractivity contribution in [2.45, 2.75) is 38.7 Å². The van der Waals surface area contributed by atoms with Crippen LogP contribution in [0.15, 0.2) is 36.5 Å². The lowest BCUT2D eigenvalue weighted by Crippen LogP contribution is -2.45. The van der Waals surface area contributed by atoms with Crippen molar-refractivity contribution < 1.29 is 9.84 Å². The number of aryl methyl sites for hydroxylation is 3. The van der Waals surface area contributed by atoms with E-state index in [9.17, 15) is 10.3 Å². The van der Waals surface area contributed by atoms with Gasteiger partial charge in [-0.1, -0.05) is 24.3 Å². The van der Waals surface area contributed by atoms with E-state index >= 15 is 0 Å². The second kappa shape index (κ2) is 4.60. The average Bonchev–Trinajstić information content (AvgIpc) is 2.43. The molecular formula is C17H19NO2. The van der Waals surface area contributed by atoms with Crippen LogP contribution in [-0.4, -0.2) is 5.11 Å². The minimum absolute atomic E-state index is 0.438. The van der Waals surface area contributed by atoms with Gasteiger partial charge in [0, 0.05) is 11.6 Å². The molecule has 0 unspecified atom stereocenters. The van der Waals surface area contributed by atoms with Crippen LogP contribution in [0.25, 0.3) is 0 Å². The highest BCUT2D eigenvalue weighted by molar-refractivity contribution is 5.40. The van der Waals surface area contributed by atoms with E-state index in [1.807, 2.05) is 44.2 Å². The molecule has 3 rings (SSSR count). The standard InChI is InChI=1S/C17H19NO2/c1-12-10-16(18(20)11-13(12)2)17(19)9-5-7-14-6-3-4-8-15(14)17/h3-4,6,8,10-11,19H,5,7,9H2,1-2H3/t17-/m0/s1. The fraction of sp³-hybridized carbons (Fsp3) is 0.353. The molecule has 2 aromatic rings. The molecule has 0 aliphatic heterocycles. The highest BCUT2D eigenvalue weighted by atomic mass is 16.5. The first kappa shape index (κ1) is 13.1. The third-order valence-corrected chi connectivity index (χ3v) is 4.39. The third-order valence-electron chi connectivity index (χ3n) is 4.39. The van der Waals surface area contributed by atoms with Crippen molar-refractivity contribution in [1.82, 2.24) is 0 Å². The number of aromatic nitrogens is 1. The molecule has 0 spiro atoms. The molecule has 1 aliphatic rings. The topological polar surface area (TPSA) is 47.2 Å². The molecule has 3 heteroatoms. The fourth-order valence-electron chi connectivity index (χ4n) is 3.11. The highest BCUT2D eigenvalue weighted by Crippen LogP contribution is 2.39. The molecule has 0 saturated carbocycles. The molecule has 0 fully saturated rings. The number of nitrogens with zero attached hydrogens (tertiary/aromatic N) is 1. The summed E-state index contributed by atoms with van der Waals surface area (Å²) in [6.07, 6.45) is 4.00. The molecule has 1 aromatic carbocycles. The van der Waals surface area contributed by atoms with Gasteiger partial charge < -0.3 is 10.3 Å². The zero-order chi connectivity index (χ0) is 14.3. The van der Waals surface area contributed by atoms with Crippen molar-refractivity contribution in [2.24, 2.45) is 0 Å². The molecule has 104 valence electrons. The summed E-state index contributed by atoms with van der Waals surface area (Å²) in [5.74, 6) is 0. The van der Waals surface area contributed by atoms with Crippen LogP contribution in [0.4, 0.5) is 0 Å². The SMILES string of the molecule is Cc1cc([C@]2(O)CCCc3ccccc32)[n+]([O-])cc1C. The monoisotopic (exact) mass is 269 g/mol. The molecule has 1 N–H and O–H groups in total. The van der Waals surface area contributed by atoms with Gasteiger partial charge in [-0.15, -0.1) is 0 Å². The third kappa shape index (κ3) is 1.90. The molecule has 0 bridgehead atoms. The van der Waals surface area contributed by atoms with E-state index in [1.165, 1.54) is 0 Å². The Bertz CT molecular complexity index is 666. The van der Waals surface area contributed by atoms with Crippen LogP contribution in [-0.2, 0) is 12.0 Å². The smallest absolute Gasteiger partial charge is 0.229 e. The molecule has 1 heterocycles. The molecule has 3 nitrogen and oxygen atoms in total. The van der Waals surface area contributed by atoms with Crippen LogP contribution < -0.4 is 4.73 Å². The number of benzene rings is 1. The molecule has 1 aromatic heterocycles. The average molecular weight is 269 g/mol. The van der Waals surface area contributed by atoms with E-state index in [0.29, 0.717) is 12.1 Å². The Morgan fingerprint density at radius 2 is 1.95 bits per heavy atom. The number of hydrogen-bond acceptors (Lipinski definition) is 2. The second-order valence-corrected chi connectivity index (χ2v) is 5.72. The van der Waals surface area contributed by atoms with Gasteiger partial charge in [-0.3, -0.25) is 0 Å². The summed E-state index contributed by atoms with van der Waals surface area (Å²) < 4.78 is 0.824. The number of hydrogen-bond donors (Lipinski definition) is 1. The molecule has 1 aliphatic carbocycles. The van der Waals surface area contributed by atoms with E-state index in [-0.39, 0.29) is 0 Å². The van der Waals surface area contributed by atoms with E-state index in [4.69, 9.17) is 0 Å². The molecule has 20 heavy (non-hydrogen) atoms. The quantitative estimate of drug-likeness (QED) is 0.638. The van der Waals surface area contributed by atoms with E-state index < -0.39 is 5.60 Å². The Morgan fingerprint density at radius 1 is 1.20 bits per heavy atom. The Hall–Kier alpha value is -1.87. The maximum absolute atomic E-state index is 12.3. The first-order valence-corrected chi connectivity index (χ1v) is 7.04. The first-order chi connectivity index (χ1) is 9.52. The number of rotatable bonds is 1. The van der Waals surface area contributed by atoms with Crippen molar-refractivity contribution >= 4 is 0 Å². The fourth-order valence-corrected chi connectivity index (χ4v) is 3.11. The maximum atomic E-state index is 12.3. The molecule has 0 amide bonds. The van der Waals surface area contributed by atoms with Gasteiger partial charge in [0.1, 0.15) is 0 Å². The Kier molecular flexibility index (Phi) is 3.02. The number of aliphatic hydroxyl groups is 1. The minimum atomic E-state index is -1.17. The van der Waals surface area contributed by atoms with Gasteiger partial charge in [-0.25, -0.2) is 0 Å². The van der Waals surface area contributed by atoms with Crippen LogP contribution in [0.5, 0.6) is 0 Å². The van der Waals surface area contributed by atoms with Crippen molar-refractivity contribution in [2.75, 3.05) is 0 Å². The minimum Gasteiger partial charge on any atom is -0.618 e. The predicted molar refractivity (Wildman–Crippen MR) is 77.3 cm³/mol. The molecule has 0 saturated heterocycles. The van der Waals surface area contributed by atoms with E-state index in [0.717, 1.165) is 39.8 Å². The van der Waals surface area contributed by atoms with Crippen molar-refractivity contribution in [3.63, 3.8) is 0 Å². The van der Waals surface area contributed by atoms with Gasteiger partial charge in [0.2, 0.25) is 5.69 Å². The summed E-state index contributed by atoms with van der Waals surface area (Å²) in [4.78, 5) is 0. The summed E-state index contributed by atoms with van der Waals surface area (Å²) >= 11 is 0. The zero-order valence-corrected chi connectivity index (χ0v) is 11.9. The Morgan fingerprint density at radius 3 is 2.75 bits per heavy atom. The van der Waals surface area contributed by atoms with Gasteiger partial charge in [0.15, 0.2) is 11.8 Å². The first-order valence-electron chi connectivity index (χ1n) is 7.04. The Labute approximate surface area is 119 Å². The summed E-state index contributed by atoms with van der Waals surface area (Å²) in [5, 5.41) is 23.4. The summed E-state index contributed by atoms with van der Waals surface area (Å²) in [7, 11) is 0. The van der Waals surface area contributed by atoms with Crippen molar-refractivity contribution in [1.29, 1.82) is 0 Å². The summed E-state index contributed by atoms with van der Waals surface area (Å²) in [5.41, 5.74) is 3.25. The van der Waals surface area contributed by atoms with Crippen LogP contribution >= 0.6 is 0 Å². The van der Waals surface area contributed by atoms with E-state index in [1.54, 1.807) is 6.20 Å². The number of pyridine rings is 1. The lowest BCUT2D eigenvalue weighted by Gasteiger charge is -2.33. The van der Waals surface area contributed by atoms with E-state index in [2.05, 4.69) is 0 Å². The maximum Gasteiger partial charge on any atom is 0.229 e. The molecular weight excluding hydrogens is 250 g/mol. The lowest BCUT2D eigenvalue weighted by atomic mass is 9.76. The highest BCUT2D eigenvalue weighted by Gasteiger charge is 2.42. The number of fused-ring (bicyclic) bond motifs is 1. The van der Waals surface area contributed by atoms with Gasteiger partial charge in [-0.05, 0) is 49.8 Å².